The first-order valence-electron chi connectivity index (χ1n) is 7.22. The number of methoxy groups -OCH3 is 1. The van der Waals surface area contributed by atoms with Crippen LogP contribution in [0.15, 0.2) is 47.4 Å². The van der Waals surface area contributed by atoms with Crippen molar-refractivity contribution in [3.63, 3.8) is 0 Å². The number of carbonyl (C=O) groups excluding carboxylic acids is 1. The molecule has 0 amide bonds. The van der Waals surface area contributed by atoms with E-state index in [4.69, 9.17) is 16.3 Å². The molecule has 0 heterocycles. The summed E-state index contributed by atoms with van der Waals surface area (Å²) in [5, 5.41) is -0.367. The highest BCUT2D eigenvalue weighted by atomic mass is 35.5. The molecular weight excluding hydrogens is 411 g/mol. The van der Waals surface area contributed by atoms with Crippen LogP contribution in [0, 0.1) is 0 Å². The Kier molecular flexibility index (Phi) is 6.22. The van der Waals surface area contributed by atoms with Gasteiger partial charge in [-0.3, -0.25) is 4.72 Å². The van der Waals surface area contributed by atoms with Crippen molar-refractivity contribution in [2.24, 2.45) is 0 Å². The van der Waals surface area contributed by atoms with Crippen LogP contribution in [-0.2, 0) is 25.7 Å². The van der Waals surface area contributed by atoms with Gasteiger partial charge in [0.15, 0.2) is 6.61 Å². The molecule has 2 aromatic carbocycles. The molecule has 6 nitrogen and oxygen atoms in total. The molecule has 1 N–H and O–H groups in total. The van der Waals surface area contributed by atoms with Gasteiger partial charge >= 0.3 is 12.1 Å². The quantitative estimate of drug-likeness (QED) is 0.716. The van der Waals surface area contributed by atoms with Crippen molar-refractivity contribution in [3.8, 4) is 5.75 Å². The molecule has 0 spiro atoms. The fraction of sp³-hybridized carbons (Fsp3) is 0.188. The van der Waals surface area contributed by atoms with Gasteiger partial charge in [0.05, 0.1) is 23.4 Å². The summed E-state index contributed by atoms with van der Waals surface area (Å²) in [6, 6.07) is 7.47. The molecule has 0 aromatic heterocycles. The molecule has 0 aliphatic rings. The SMILES string of the molecule is COC(=O)COc1cccc(NS(=O)(=O)c2cc(C(F)(F)F)ccc2Cl)c1. The van der Waals surface area contributed by atoms with E-state index in [1.165, 1.54) is 31.4 Å². The average molecular weight is 424 g/mol. The maximum Gasteiger partial charge on any atom is 0.416 e. The van der Waals surface area contributed by atoms with Crippen molar-refractivity contribution in [1.29, 1.82) is 0 Å². The van der Waals surface area contributed by atoms with Gasteiger partial charge in [-0.1, -0.05) is 17.7 Å². The van der Waals surface area contributed by atoms with Crippen LogP contribution in [0.5, 0.6) is 5.75 Å². The Morgan fingerprint density at radius 1 is 1.19 bits per heavy atom. The number of ether oxygens (including phenoxy) is 2. The largest absolute Gasteiger partial charge is 0.482 e. The number of nitrogens with one attached hydrogen (secondary N) is 1. The number of alkyl halides is 3. The number of halogens is 4. The maximum atomic E-state index is 12.8. The zero-order chi connectivity index (χ0) is 20.2. The molecule has 0 atom stereocenters. The minimum absolute atomic E-state index is 0.00541. The Morgan fingerprint density at radius 2 is 1.89 bits per heavy atom. The first-order valence-corrected chi connectivity index (χ1v) is 9.08. The molecule has 11 heteroatoms. The van der Waals surface area contributed by atoms with Gasteiger partial charge in [-0.15, -0.1) is 0 Å². The number of sulfonamides is 1. The van der Waals surface area contributed by atoms with Crippen molar-refractivity contribution >= 4 is 33.3 Å². The second kappa shape index (κ2) is 8.05. The number of esters is 1. The number of anilines is 1. The van der Waals surface area contributed by atoms with E-state index in [1.54, 1.807) is 0 Å². The first-order chi connectivity index (χ1) is 12.5. The van der Waals surface area contributed by atoms with Crippen molar-refractivity contribution in [2.45, 2.75) is 11.1 Å². The van der Waals surface area contributed by atoms with Gasteiger partial charge in [0, 0.05) is 6.07 Å². The molecule has 27 heavy (non-hydrogen) atoms. The lowest BCUT2D eigenvalue weighted by Crippen LogP contribution is -2.16. The van der Waals surface area contributed by atoms with Crippen LogP contribution in [-0.4, -0.2) is 28.1 Å². The molecule has 0 saturated carbocycles. The van der Waals surface area contributed by atoms with E-state index in [0.717, 1.165) is 6.07 Å². The zero-order valence-electron chi connectivity index (χ0n) is 13.7. The molecule has 0 bridgehead atoms. The van der Waals surface area contributed by atoms with Crippen molar-refractivity contribution < 1.29 is 35.9 Å². The highest BCUT2D eigenvalue weighted by molar-refractivity contribution is 7.92. The number of hydrogen-bond donors (Lipinski definition) is 1. The minimum atomic E-state index is -4.73. The van der Waals surface area contributed by atoms with Gasteiger partial charge in [0.25, 0.3) is 10.0 Å². The Labute approximate surface area is 157 Å². The number of rotatable bonds is 6. The van der Waals surface area contributed by atoms with E-state index >= 15 is 0 Å². The van der Waals surface area contributed by atoms with Gasteiger partial charge < -0.3 is 9.47 Å². The molecule has 0 aliphatic heterocycles. The molecule has 0 fully saturated rings. The summed E-state index contributed by atoms with van der Waals surface area (Å²) in [5.41, 5.74) is -1.15. The third-order valence-corrected chi connectivity index (χ3v) is 5.08. The Balaban J connectivity index is 2.28. The van der Waals surface area contributed by atoms with E-state index in [0.29, 0.717) is 12.1 Å². The van der Waals surface area contributed by atoms with E-state index in [2.05, 4.69) is 9.46 Å². The van der Waals surface area contributed by atoms with E-state index in [-0.39, 0.29) is 16.5 Å². The van der Waals surface area contributed by atoms with Crippen LogP contribution >= 0.6 is 11.6 Å². The van der Waals surface area contributed by atoms with E-state index in [9.17, 15) is 26.4 Å². The summed E-state index contributed by atoms with van der Waals surface area (Å²) >= 11 is 5.77. The monoisotopic (exact) mass is 423 g/mol. The molecule has 0 radical (unpaired) electrons. The molecule has 146 valence electrons. The van der Waals surface area contributed by atoms with Crippen LogP contribution in [0.3, 0.4) is 0 Å². The summed E-state index contributed by atoms with van der Waals surface area (Å²) in [5.74, 6) is -0.493. The van der Waals surface area contributed by atoms with Crippen molar-refractivity contribution in [1.82, 2.24) is 0 Å². The summed E-state index contributed by atoms with van der Waals surface area (Å²) in [6.45, 7) is -0.397. The van der Waals surface area contributed by atoms with E-state index in [1.807, 2.05) is 0 Å². The third kappa shape index (κ3) is 5.51. The van der Waals surface area contributed by atoms with Gasteiger partial charge in [0.2, 0.25) is 0 Å². The lowest BCUT2D eigenvalue weighted by Gasteiger charge is -2.13. The fourth-order valence-electron chi connectivity index (χ4n) is 1.95. The topological polar surface area (TPSA) is 81.7 Å². The molecule has 0 unspecified atom stereocenters. The Morgan fingerprint density at radius 3 is 2.52 bits per heavy atom. The van der Waals surface area contributed by atoms with Crippen molar-refractivity contribution in [2.75, 3.05) is 18.4 Å². The third-order valence-electron chi connectivity index (χ3n) is 3.22. The maximum absolute atomic E-state index is 12.8. The summed E-state index contributed by atoms with van der Waals surface area (Å²) in [6.07, 6.45) is -4.73. The standard InChI is InChI=1S/C16H13ClF3NO5S/c1-25-15(22)9-26-12-4-2-3-11(8-12)21-27(23,24)14-7-10(16(18,19)20)5-6-13(14)17/h2-8,21H,9H2,1H3. The first kappa shape index (κ1) is 20.8. The van der Waals surface area contributed by atoms with Gasteiger partial charge in [-0.2, -0.15) is 13.2 Å². The number of benzene rings is 2. The van der Waals surface area contributed by atoms with Gasteiger partial charge in [-0.25, -0.2) is 13.2 Å². The van der Waals surface area contributed by atoms with Crippen LogP contribution in [0.25, 0.3) is 0 Å². The Hall–Kier alpha value is -2.46. The minimum Gasteiger partial charge on any atom is -0.482 e. The average Bonchev–Trinajstić information content (AvgIpc) is 2.58. The fourth-order valence-corrected chi connectivity index (χ4v) is 3.52. The molecule has 2 rings (SSSR count). The predicted molar refractivity (Wildman–Crippen MR) is 91.2 cm³/mol. The highest BCUT2D eigenvalue weighted by Crippen LogP contribution is 2.34. The number of hydrogen-bond acceptors (Lipinski definition) is 5. The molecule has 0 saturated heterocycles. The second-order valence-electron chi connectivity index (χ2n) is 5.14. The predicted octanol–water partition coefficient (Wildman–Crippen LogP) is 3.71. The molecule has 2 aromatic rings. The summed E-state index contributed by atoms with van der Waals surface area (Å²) < 4.78 is 75.1. The summed E-state index contributed by atoms with van der Waals surface area (Å²) in [7, 11) is -3.23. The lowest BCUT2D eigenvalue weighted by atomic mass is 10.2. The van der Waals surface area contributed by atoms with Gasteiger partial charge in [0.1, 0.15) is 10.6 Å². The Bertz CT molecular complexity index is 947. The zero-order valence-corrected chi connectivity index (χ0v) is 15.3. The van der Waals surface area contributed by atoms with Crippen molar-refractivity contribution in [3.05, 3.63) is 53.1 Å². The lowest BCUT2D eigenvalue weighted by molar-refractivity contribution is -0.143. The highest BCUT2D eigenvalue weighted by Gasteiger charge is 2.32. The molecular formula is C16H13ClF3NO5S. The van der Waals surface area contributed by atoms with Crippen LogP contribution in [0.1, 0.15) is 5.56 Å². The van der Waals surface area contributed by atoms with E-state index < -0.39 is 39.2 Å². The van der Waals surface area contributed by atoms with Crippen LogP contribution in [0.2, 0.25) is 5.02 Å². The van der Waals surface area contributed by atoms with Crippen LogP contribution in [0.4, 0.5) is 18.9 Å². The molecule has 0 aliphatic carbocycles. The normalized spacial score (nSPS) is 11.7. The second-order valence-corrected chi connectivity index (χ2v) is 7.20. The smallest absolute Gasteiger partial charge is 0.416 e. The van der Waals surface area contributed by atoms with Crippen LogP contribution < -0.4 is 9.46 Å². The van der Waals surface area contributed by atoms with Gasteiger partial charge in [-0.05, 0) is 30.3 Å². The summed E-state index contributed by atoms with van der Waals surface area (Å²) in [4.78, 5) is 10.3. The number of carbonyl (C=O) groups is 1.